The molecule has 3 rings (SSSR count). The number of aromatic nitrogens is 1. The number of phenols is 1. The molecule has 3 aromatic rings. The lowest BCUT2D eigenvalue weighted by Crippen LogP contribution is -2.30. The summed E-state index contributed by atoms with van der Waals surface area (Å²) in [6.45, 7) is 0.0538. The molecule has 26 heavy (non-hydrogen) atoms. The summed E-state index contributed by atoms with van der Waals surface area (Å²) in [5, 5.41) is 10.7. The smallest absolute Gasteiger partial charge is 0.268 e. The number of sulfonamides is 1. The largest absolute Gasteiger partial charge is 0.505 e. The molecule has 0 spiro atoms. The molecule has 1 aromatic heterocycles. The van der Waals surface area contributed by atoms with E-state index in [1.807, 2.05) is 0 Å². The minimum Gasteiger partial charge on any atom is -0.505 e. The molecular formula is C16H11BrCl2N2O3S2. The van der Waals surface area contributed by atoms with Crippen LogP contribution in [0.15, 0.2) is 57.5 Å². The average Bonchev–Trinajstić information content (AvgIpc) is 3.10. The van der Waals surface area contributed by atoms with E-state index in [2.05, 4.69) is 20.9 Å². The summed E-state index contributed by atoms with van der Waals surface area (Å²) in [7, 11) is -4.11. The Hall–Kier alpha value is -1.32. The third kappa shape index (κ3) is 3.99. The van der Waals surface area contributed by atoms with Crippen molar-refractivity contribution in [2.24, 2.45) is 0 Å². The second kappa shape index (κ2) is 7.74. The van der Waals surface area contributed by atoms with Crippen LogP contribution in [0.4, 0.5) is 5.69 Å². The lowest BCUT2D eigenvalue weighted by atomic mass is 10.3. The summed E-state index contributed by atoms with van der Waals surface area (Å²) >= 11 is 16.4. The van der Waals surface area contributed by atoms with Crippen LogP contribution < -0.4 is 4.31 Å². The topological polar surface area (TPSA) is 70.5 Å². The highest BCUT2D eigenvalue weighted by Crippen LogP contribution is 2.38. The Balaban J connectivity index is 2.15. The molecule has 0 radical (unpaired) electrons. The summed E-state index contributed by atoms with van der Waals surface area (Å²) in [4.78, 5) is 4.43. The Kier molecular flexibility index (Phi) is 5.78. The van der Waals surface area contributed by atoms with Crippen molar-refractivity contribution >= 4 is 66.2 Å². The number of benzene rings is 2. The molecule has 5 nitrogen and oxygen atoms in total. The lowest BCUT2D eigenvalue weighted by Gasteiger charge is -2.24. The fourth-order valence-corrected chi connectivity index (χ4v) is 5.62. The van der Waals surface area contributed by atoms with Crippen LogP contribution in [0.2, 0.25) is 10.0 Å². The molecule has 0 unspecified atom stereocenters. The van der Waals surface area contributed by atoms with Gasteiger partial charge in [0.15, 0.2) is 5.75 Å². The molecule has 0 saturated heterocycles. The maximum atomic E-state index is 13.3. The Morgan fingerprint density at radius 1 is 1.19 bits per heavy atom. The second-order valence-corrected chi connectivity index (χ2v) is 9.75. The zero-order chi connectivity index (χ0) is 18.9. The van der Waals surface area contributed by atoms with Gasteiger partial charge in [-0.25, -0.2) is 8.42 Å². The van der Waals surface area contributed by atoms with Gasteiger partial charge >= 0.3 is 0 Å². The predicted molar refractivity (Wildman–Crippen MR) is 108 cm³/mol. The zero-order valence-corrected chi connectivity index (χ0v) is 17.7. The van der Waals surface area contributed by atoms with Crippen molar-refractivity contribution in [3.8, 4) is 5.75 Å². The van der Waals surface area contributed by atoms with Gasteiger partial charge in [0, 0.05) is 20.6 Å². The molecule has 2 aromatic carbocycles. The highest BCUT2D eigenvalue weighted by atomic mass is 79.9. The van der Waals surface area contributed by atoms with Gasteiger partial charge in [0.1, 0.15) is 4.90 Å². The number of thiazole rings is 1. The number of rotatable bonds is 5. The van der Waals surface area contributed by atoms with Crippen molar-refractivity contribution in [3.63, 3.8) is 0 Å². The van der Waals surface area contributed by atoms with E-state index in [1.165, 1.54) is 27.8 Å². The molecule has 0 atom stereocenters. The van der Waals surface area contributed by atoms with E-state index in [0.29, 0.717) is 15.2 Å². The van der Waals surface area contributed by atoms with Crippen LogP contribution in [-0.2, 0) is 16.6 Å². The average molecular weight is 494 g/mol. The van der Waals surface area contributed by atoms with Crippen molar-refractivity contribution in [3.05, 3.63) is 67.5 Å². The minimum absolute atomic E-state index is 0.0538. The molecule has 1 heterocycles. The van der Waals surface area contributed by atoms with Crippen LogP contribution in [0.3, 0.4) is 0 Å². The molecule has 0 fully saturated rings. The summed E-state index contributed by atoms with van der Waals surface area (Å²) in [6.07, 6.45) is 1.59. The number of halogens is 3. The van der Waals surface area contributed by atoms with Crippen molar-refractivity contribution in [1.82, 2.24) is 4.98 Å². The molecule has 10 heteroatoms. The molecule has 0 saturated carbocycles. The Labute approximate surface area is 173 Å². The Bertz CT molecular complexity index is 1030. The highest BCUT2D eigenvalue weighted by molar-refractivity contribution is 9.10. The molecule has 1 N–H and O–H groups in total. The first-order valence-corrected chi connectivity index (χ1v) is 11.0. The van der Waals surface area contributed by atoms with Crippen LogP contribution in [0.25, 0.3) is 0 Å². The molecule has 0 aliphatic heterocycles. The van der Waals surface area contributed by atoms with E-state index in [1.54, 1.807) is 36.0 Å². The molecular weight excluding hydrogens is 483 g/mol. The van der Waals surface area contributed by atoms with Gasteiger partial charge in [0.25, 0.3) is 10.0 Å². The maximum absolute atomic E-state index is 13.3. The van der Waals surface area contributed by atoms with Crippen molar-refractivity contribution < 1.29 is 13.5 Å². The second-order valence-electron chi connectivity index (χ2n) is 5.19. The number of phenolic OH excluding ortho intramolecular Hbond substituents is 1. The van der Waals surface area contributed by atoms with Gasteiger partial charge in [0.05, 0.1) is 22.8 Å². The van der Waals surface area contributed by atoms with E-state index >= 15 is 0 Å². The van der Waals surface area contributed by atoms with Gasteiger partial charge in [-0.15, -0.1) is 11.3 Å². The van der Waals surface area contributed by atoms with Gasteiger partial charge in [-0.3, -0.25) is 9.29 Å². The van der Waals surface area contributed by atoms with Crippen LogP contribution in [0, 0.1) is 0 Å². The predicted octanol–water partition coefficient (Wildman–Crippen LogP) is 5.31. The van der Waals surface area contributed by atoms with Crippen molar-refractivity contribution in [1.29, 1.82) is 0 Å². The van der Waals surface area contributed by atoms with Crippen LogP contribution in [0.1, 0.15) is 4.88 Å². The highest BCUT2D eigenvalue weighted by Gasteiger charge is 2.30. The quantitative estimate of drug-likeness (QED) is 0.522. The monoisotopic (exact) mass is 492 g/mol. The first-order chi connectivity index (χ1) is 12.3. The van der Waals surface area contributed by atoms with Crippen LogP contribution >= 0.6 is 50.5 Å². The SMILES string of the molecule is O=S(=O)(c1cc(Br)cc(Cl)c1O)N(Cc1cncs1)c1ccc(Cl)cc1. The summed E-state index contributed by atoms with van der Waals surface area (Å²) in [6, 6.07) is 9.12. The van der Waals surface area contributed by atoms with E-state index in [0.717, 1.165) is 4.88 Å². The molecule has 136 valence electrons. The van der Waals surface area contributed by atoms with Gasteiger partial charge < -0.3 is 5.11 Å². The van der Waals surface area contributed by atoms with Gasteiger partial charge in [-0.05, 0) is 36.4 Å². The third-order valence-electron chi connectivity index (χ3n) is 3.46. The summed E-state index contributed by atoms with van der Waals surface area (Å²) < 4.78 is 28.2. The fraction of sp³-hybridized carbons (Fsp3) is 0.0625. The normalized spacial score (nSPS) is 11.5. The standard InChI is InChI=1S/C16H11BrCl2N2O3S2/c17-10-5-14(19)16(22)15(6-10)26(23,24)21(8-13-7-20-9-25-13)12-3-1-11(18)2-4-12/h1-7,9,22H,8H2. The lowest BCUT2D eigenvalue weighted by molar-refractivity contribution is 0.458. The zero-order valence-electron chi connectivity index (χ0n) is 12.9. The third-order valence-corrected chi connectivity index (χ3v) is 7.01. The van der Waals surface area contributed by atoms with Gasteiger partial charge in [-0.2, -0.15) is 0 Å². The Morgan fingerprint density at radius 3 is 2.50 bits per heavy atom. The van der Waals surface area contributed by atoms with Crippen LogP contribution in [0.5, 0.6) is 5.75 Å². The first kappa shape index (κ1) is 19.4. The Morgan fingerprint density at radius 2 is 1.88 bits per heavy atom. The van der Waals surface area contributed by atoms with E-state index in [9.17, 15) is 13.5 Å². The summed E-state index contributed by atoms with van der Waals surface area (Å²) in [5.41, 5.74) is 2.02. The molecule has 0 amide bonds. The number of nitrogens with zero attached hydrogens (tertiary/aromatic N) is 2. The minimum atomic E-state index is -4.11. The van der Waals surface area contributed by atoms with E-state index in [-0.39, 0.29) is 16.5 Å². The maximum Gasteiger partial charge on any atom is 0.268 e. The number of aromatic hydroxyl groups is 1. The number of hydrogen-bond donors (Lipinski definition) is 1. The molecule has 0 bridgehead atoms. The molecule has 0 aliphatic carbocycles. The van der Waals surface area contributed by atoms with E-state index < -0.39 is 15.8 Å². The van der Waals surface area contributed by atoms with Crippen LogP contribution in [-0.4, -0.2) is 18.5 Å². The number of hydrogen-bond acceptors (Lipinski definition) is 5. The molecule has 0 aliphatic rings. The van der Waals surface area contributed by atoms with Gasteiger partial charge in [-0.1, -0.05) is 39.1 Å². The number of anilines is 1. The first-order valence-electron chi connectivity index (χ1n) is 7.12. The van der Waals surface area contributed by atoms with Crippen molar-refractivity contribution in [2.45, 2.75) is 11.4 Å². The van der Waals surface area contributed by atoms with E-state index in [4.69, 9.17) is 23.2 Å². The summed E-state index contributed by atoms with van der Waals surface area (Å²) in [5.74, 6) is -0.502. The van der Waals surface area contributed by atoms with Gasteiger partial charge in [0.2, 0.25) is 0 Å². The fourth-order valence-electron chi connectivity index (χ4n) is 2.24. The van der Waals surface area contributed by atoms with Crippen molar-refractivity contribution in [2.75, 3.05) is 4.31 Å².